The Bertz CT molecular complexity index is 1740. The molecule has 10 nitrogen and oxygen atoms in total. The second kappa shape index (κ2) is 9.83. The highest BCUT2D eigenvalue weighted by atomic mass is 79.9. The number of hydrogen-bond acceptors (Lipinski definition) is 7. The predicted octanol–water partition coefficient (Wildman–Crippen LogP) is 4.65. The van der Waals surface area contributed by atoms with Crippen LogP contribution in [0.4, 0.5) is 5.69 Å². The smallest absolute Gasteiger partial charge is 0.264 e. The van der Waals surface area contributed by atoms with Crippen molar-refractivity contribution in [1.29, 1.82) is 0 Å². The van der Waals surface area contributed by atoms with Crippen molar-refractivity contribution in [3.63, 3.8) is 0 Å². The number of nitrogens with one attached hydrogen (secondary N) is 2. The number of carbonyl (C=O) groups excluding carboxylic acids is 5. The van der Waals surface area contributed by atoms with Gasteiger partial charge in [0.1, 0.15) is 11.8 Å². The molecule has 2 aromatic carbocycles. The molecule has 1 fully saturated rings. The van der Waals surface area contributed by atoms with Gasteiger partial charge in [0.2, 0.25) is 11.8 Å². The van der Waals surface area contributed by atoms with Gasteiger partial charge in [0.05, 0.1) is 27.4 Å². The molecule has 40 heavy (non-hydrogen) atoms. The number of aliphatic hydroxyl groups excluding tert-OH is 1. The summed E-state index contributed by atoms with van der Waals surface area (Å²) in [5.74, 6) is -3.37. The lowest BCUT2D eigenvalue weighted by molar-refractivity contribution is -0.136. The third kappa shape index (κ3) is 4.16. The fraction of sp³-hybridized carbons (Fsp3) is 0.214. The molecule has 0 saturated carbocycles. The van der Waals surface area contributed by atoms with Gasteiger partial charge in [0.15, 0.2) is 5.78 Å². The van der Waals surface area contributed by atoms with Crippen LogP contribution >= 0.6 is 27.5 Å². The van der Waals surface area contributed by atoms with Crippen molar-refractivity contribution >= 4 is 79.7 Å². The number of benzene rings is 2. The third-order valence-corrected chi connectivity index (χ3v) is 8.45. The Morgan fingerprint density at radius 3 is 2.62 bits per heavy atom. The van der Waals surface area contributed by atoms with Crippen LogP contribution in [-0.2, 0) is 14.4 Å². The monoisotopic (exact) mass is 622 g/mol. The quantitative estimate of drug-likeness (QED) is 0.285. The van der Waals surface area contributed by atoms with Gasteiger partial charge in [-0.05, 0) is 42.2 Å². The van der Waals surface area contributed by atoms with Crippen molar-refractivity contribution < 1.29 is 29.1 Å². The van der Waals surface area contributed by atoms with Crippen molar-refractivity contribution in [3.8, 4) is 0 Å². The number of H-pyrrole nitrogens is 1. The molecule has 2 aliphatic heterocycles. The van der Waals surface area contributed by atoms with Gasteiger partial charge in [-0.15, -0.1) is 0 Å². The molecule has 3 aliphatic rings. The summed E-state index contributed by atoms with van der Waals surface area (Å²) < 4.78 is 0.771. The molecule has 3 N–H and O–H groups in total. The number of halogens is 2. The highest BCUT2D eigenvalue weighted by Gasteiger charge is 2.45. The molecule has 202 valence electrons. The maximum absolute atomic E-state index is 13.3. The molecular weight excluding hydrogens is 604 g/mol. The van der Waals surface area contributed by atoms with E-state index < -0.39 is 29.7 Å². The van der Waals surface area contributed by atoms with Gasteiger partial charge in [0, 0.05) is 47.0 Å². The van der Waals surface area contributed by atoms with Crippen LogP contribution in [0.1, 0.15) is 57.9 Å². The zero-order chi connectivity index (χ0) is 28.3. The number of ketones is 1. The number of nitrogens with zero attached hydrogens (tertiary/aromatic N) is 2. The zero-order valence-electron chi connectivity index (χ0n) is 20.7. The topological polar surface area (TPSA) is 149 Å². The molecule has 3 aromatic rings. The Kier molecular flexibility index (Phi) is 6.42. The van der Waals surface area contributed by atoms with Crippen LogP contribution < -0.4 is 5.32 Å². The minimum absolute atomic E-state index is 0.00667. The van der Waals surface area contributed by atoms with Crippen LogP contribution in [0.3, 0.4) is 0 Å². The highest BCUT2D eigenvalue weighted by molar-refractivity contribution is 9.10. The van der Waals surface area contributed by atoms with E-state index in [1.807, 2.05) is 12.1 Å². The minimum Gasteiger partial charge on any atom is -0.511 e. The van der Waals surface area contributed by atoms with Gasteiger partial charge in [-0.1, -0.05) is 33.6 Å². The molecule has 3 heterocycles. The van der Waals surface area contributed by atoms with Crippen molar-refractivity contribution in [2.75, 3.05) is 0 Å². The molecule has 2 atom stereocenters. The fourth-order valence-electron chi connectivity index (χ4n) is 5.58. The first-order chi connectivity index (χ1) is 19.2. The Morgan fingerprint density at radius 1 is 1.07 bits per heavy atom. The van der Waals surface area contributed by atoms with E-state index >= 15 is 0 Å². The van der Waals surface area contributed by atoms with E-state index in [0.717, 1.165) is 25.8 Å². The first-order valence-corrected chi connectivity index (χ1v) is 13.6. The number of rotatable bonds is 4. The largest absolute Gasteiger partial charge is 0.511 e. The van der Waals surface area contributed by atoms with E-state index in [9.17, 15) is 29.1 Å². The van der Waals surface area contributed by atoms with E-state index in [0.29, 0.717) is 5.02 Å². The molecule has 0 bridgehead atoms. The lowest BCUT2D eigenvalue weighted by Crippen LogP contribution is -2.54. The minimum atomic E-state index is -1.11. The number of amides is 4. The summed E-state index contributed by atoms with van der Waals surface area (Å²) in [5.41, 5.74) is 1.82. The fourth-order valence-corrected chi connectivity index (χ4v) is 6.50. The number of piperidine rings is 1. The number of fused-ring (bicyclic) bond motifs is 2. The Morgan fingerprint density at radius 2 is 1.88 bits per heavy atom. The second-order valence-electron chi connectivity index (χ2n) is 9.81. The van der Waals surface area contributed by atoms with Crippen LogP contribution in [-0.4, -0.2) is 56.7 Å². The lowest BCUT2D eigenvalue weighted by atomic mass is 9.81. The number of aromatic amines is 1. The number of Topliss-reactive ketones (excluding diaryl/α,β-unsaturated/α-hetero) is 1. The molecule has 1 aliphatic carbocycles. The van der Waals surface area contributed by atoms with Crippen molar-refractivity contribution in [3.05, 3.63) is 74.0 Å². The predicted molar refractivity (Wildman–Crippen MR) is 149 cm³/mol. The third-order valence-electron chi connectivity index (χ3n) is 7.46. The molecular formula is C28H20BrClN4O6. The highest BCUT2D eigenvalue weighted by Crippen LogP contribution is 2.43. The van der Waals surface area contributed by atoms with Crippen LogP contribution in [0, 0.1) is 0 Å². The van der Waals surface area contributed by atoms with Gasteiger partial charge in [-0.3, -0.25) is 39.2 Å². The van der Waals surface area contributed by atoms with E-state index in [-0.39, 0.29) is 65.5 Å². The van der Waals surface area contributed by atoms with Gasteiger partial charge in [0.25, 0.3) is 11.8 Å². The summed E-state index contributed by atoms with van der Waals surface area (Å²) in [6.07, 6.45) is 3.18. The van der Waals surface area contributed by atoms with E-state index in [1.165, 1.54) is 24.4 Å². The maximum atomic E-state index is 13.3. The van der Waals surface area contributed by atoms with Crippen LogP contribution in [0.15, 0.2) is 57.3 Å². The SMILES string of the molecule is O=C1CCC(N2C(=O)c3cccc(N=CC4=C(O)CC(c5c(Br)ccc6[nH]cc(Cl)c56)CC4=O)c3C2=O)C(=O)N1. The first-order valence-electron chi connectivity index (χ1n) is 12.4. The molecule has 0 spiro atoms. The molecule has 0 radical (unpaired) electrons. The second-order valence-corrected chi connectivity index (χ2v) is 11.1. The van der Waals surface area contributed by atoms with E-state index in [2.05, 4.69) is 31.2 Å². The van der Waals surface area contributed by atoms with E-state index in [1.54, 1.807) is 6.20 Å². The van der Waals surface area contributed by atoms with Crippen LogP contribution in [0.5, 0.6) is 0 Å². The molecule has 6 rings (SSSR count). The maximum Gasteiger partial charge on any atom is 0.264 e. The summed E-state index contributed by atoms with van der Waals surface area (Å²) in [5, 5.41) is 14.3. The number of imide groups is 2. The zero-order valence-corrected chi connectivity index (χ0v) is 23.0. The lowest BCUT2D eigenvalue weighted by Gasteiger charge is -2.27. The van der Waals surface area contributed by atoms with Gasteiger partial charge in [-0.2, -0.15) is 0 Å². The summed E-state index contributed by atoms with van der Waals surface area (Å²) in [4.78, 5) is 71.7. The number of aliphatic hydroxyl groups is 1. The first kappa shape index (κ1) is 26.1. The normalized spacial score (nSPS) is 21.6. The molecule has 2 unspecified atom stereocenters. The molecule has 1 aromatic heterocycles. The standard InChI is InChI=1S/C28H20BrClN4O6/c29-15-4-5-18-25(16(30)11-32-18)23(15)12-8-20(35)14(21(36)9-12)10-31-17-3-1-2-13-24(17)28(40)34(27(13)39)19-6-7-22(37)33-26(19)38/h1-5,10-12,19,32,35H,6-9H2,(H,33,37,38). The summed E-state index contributed by atoms with van der Waals surface area (Å²) >= 11 is 9.96. The number of carbonyl (C=O) groups is 5. The molecule has 1 saturated heterocycles. The van der Waals surface area contributed by atoms with Gasteiger partial charge >= 0.3 is 0 Å². The number of aromatic nitrogens is 1. The molecule has 12 heteroatoms. The van der Waals surface area contributed by atoms with Gasteiger partial charge < -0.3 is 10.1 Å². The Balaban J connectivity index is 1.30. The Hall–Kier alpha value is -4.09. The average Bonchev–Trinajstić information content (AvgIpc) is 3.40. The van der Waals surface area contributed by atoms with E-state index in [4.69, 9.17) is 11.6 Å². The summed E-state index contributed by atoms with van der Waals surface area (Å²) in [6.45, 7) is 0. The Labute approximate surface area is 240 Å². The average molecular weight is 624 g/mol. The van der Waals surface area contributed by atoms with Crippen molar-refractivity contribution in [2.24, 2.45) is 4.99 Å². The number of hydrogen-bond donors (Lipinski definition) is 3. The summed E-state index contributed by atoms with van der Waals surface area (Å²) in [6, 6.07) is 7.13. The molecule has 4 amide bonds. The van der Waals surface area contributed by atoms with Crippen LogP contribution in [0.2, 0.25) is 5.02 Å². The van der Waals surface area contributed by atoms with Crippen molar-refractivity contribution in [1.82, 2.24) is 15.2 Å². The van der Waals surface area contributed by atoms with Crippen molar-refractivity contribution in [2.45, 2.75) is 37.6 Å². The van der Waals surface area contributed by atoms with Crippen LogP contribution in [0.25, 0.3) is 10.9 Å². The number of aliphatic imine (C=N–C) groups is 1. The van der Waals surface area contributed by atoms with Gasteiger partial charge in [-0.25, -0.2) is 0 Å². The number of allylic oxidation sites excluding steroid dienone is 2. The summed E-state index contributed by atoms with van der Waals surface area (Å²) in [7, 11) is 0.